The molecule has 1 aromatic carbocycles. The number of aliphatic hydroxyl groups is 1. The summed E-state index contributed by atoms with van der Waals surface area (Å²) in [5.74, 6) is 0.602. The summed E-state index contributed by atoms with van der Waals surface area (Å²) in [6.07, 6.45) is 0. The maximum atomic E-state index is 11.7. The van der Waals surface area contributed by atoms with Crippen molar-refractivity contribution in [3.8, 4) is 5.75 Å². The molecule has 1 rings (SSSR count). The number of benzene rings is 1. The number of hydrogen-bond donors (Lipinski definition) is 1. The van der Waals surface area contributed by atoms with Gasteiger partial charge in [-0.05, 0) is 43.5 Å². The normalized spacial score (nSPS) is 10.3. The molecule has 0 saturated heterocycles. The predicted molar refractivity (Wildman–Crippen MR) is 70.9 cm³/mol. The quantitative estimate of drug-likeness (QED) is 0.861. The van der Waals surface area contributed by atoms with E-state index in [2.05, 4.69) is 0 Å². The highest BCUT2D eigenvalue weighted by molar-refractivity contribution is 5.77. The zero-order chi connectivity index (χ0) is 13.7. The molecule has 1 amide bonds. The Kier molecular flexibility index (Phi) is 5.16. The first-order valence-corrected chi connectivity index (χ1v) is 6.01. The van der Waals surface area contributed by atoms with Gasteiger partial charge in [-0.25, -0.2) is 0 Å². The van der Waals surface area contributed by atoms with Gasteiger partial charge >= 0.3 is 0 Å². The molecule has 0 spiro atoms. The average Bonchev–Trinajstić information content (AvgIpc) is 2.32. The van der Waals surface area contributed by atoms with Gasteiger partial charge in [-0.3, -0.25) is 4.79 Å². The van der Waals surface area contributed by atoms with Gasteiger partial charge in [-0.2, -0.15) is 0 Å². The Balaban J connectivity index is 2.64. The van der Waals surface area contributed by atoms with Crippen LogP contribution < -0.4 is 4.74 Å². The maximum absolute atomic E-state index is 11.7. The lowest BCUT2D eigenvalue weighted by atomic mass is 10.1. The number of amides is 1. The summed E-state index contributed by atoms with van der Waals surface area (Å²) in [5, 5.41) is 8.75. The van der Waals surface area contributed by atoms with E-state index in [1.807, 2.05) is 32.9 Å². The second-order valence-corrected chi connectivity index (χ2v) is 4.53. The zero-order valence-corrected chi connectivity index (χ0v) is 11.5. The van der Waals surface area contributed by atoms with Crippen molar-refractivity contribution < 1.29 is 14.6 Å². The molecule has 0 unspecified atom stereocenters. The van der Waals surface area contributed by atoms with Crippen LogP contribution in [-0.4, -0.2) is 42.7 Å². The third kappa shape index (κ3) is 3.74. The van der Waals surface area contributed by atoms with Crippen molar-refractivity contribution in [2.24, 2.45) is 0 Å². The number of likely N-dealkylation sites (N-methyl/N-ethyl adjacent to an activating group) is 1. The van der Waals surface area contributed by atoms with Gasteiger partial charge in [0.1, 0.15) is 5.75 Å². The van der Waals surface area contributed by atoms with Crippen molar-refractivity contribution in [1.29, 1.82) is 0 Å². The molecule has 1 N–H and O–H groups in total. The minimum absolute atomic E-state index is 0.000158. The van der Waals surface area contributed by atoms with E-state index in [1.54, 1.807) is 7.05 Å². The number of aryl methyl sites for hydroxylation is 3. The Morgan fingerprint density at radius 3 is 2.44 bits per heavy atom. The van der Waals surface area contributed by atoms with Crippen molar-refractivity contribution in [2.75, 3.05) is 26.8 Å². The Hall–Kier alpha value is -1.55. The first kappa shape index (κ1) is 14.5. The van der Waals surface area contributed by atoms with Crippen LogP contribution in [0.2, 0.25) is 0 Å². The van der Waals surface area contributed by atoms with Gasteiger partial charge in [0.2, 0.25) is 0 Å². The lowest BCUT2D eigenvalue weighted by Gasteiger charge is -2.17. The average molecular weight is 251 g/mol. The van der Waals surface area contributed by atoms with Gasteiger partial charge in [0.25, 0.3) is 5.91 Å². The molecule has 18 heavy (non-hydrogen) atoms. The zero-order valence-electron chi connectivity index (χ0n) is 11.5. The Labute approximate surface area is 108 Å². The molecular formula is C14H21NO3. The number of hydrogen-bond acceptors (Lipinski definition) is 3. The monoisotopic (exact) mass is 251 g/mol. The number of carbonyl (C=O) groups is 1. The molecule has 0 aliphatic carbocycles. The number of aliphatic hydroxyl groups excluding tert-OH is 1. The number of nitrogens with zero attached hydrogens (tertiary/aromatic N) is 1. The van der Waals surface area contributed by atoms with Gasteiger partial charge in [-0.15, -0.1) is 0 Å². The van der Waals surface area contributed by atoms with Gasteiger partial charge < -0.3 is 14.7 Å². The van der Waals surface area contributed by atoms with Crippen molar-refractivity contribution >= 4 is 5.91 Å². The molecule has 4 nitrogen and oxygen atoms in total. The molecule has 0 aliphatic rings. The molecule has 100 valence electrons. The molecule has 0 heterocycles. The smallest absolute Gasteiger partial charge is 0.260 e. The molecule has 0 radical (unpaired) electrons. The van der Waals surface area contributed by atoms with Crippen LogP contribution in [-0.2, 0) is 4.79 Å². The Morgan fingerprint density at radius 2 is 1.83 bits per heavy atom. The Morgan fingerprint density at radius 1 is 1.22 bits per heavy atom. The SMILES string of the molecule is Cc1cc(C)c(OCC(=O)N(C)CCO)cc1C. The van der Waals surface area contributed by atoms with Crippen LogP contribution in [0.4, 0.5) is 0 Å². The van der Waals surface area contributed by atoms with E-state index >= 15 is 0 Å². The fraction of sp³-hybridized carbons (Fsp3) is 0.500. The number of ether oxygens (including phenoxy) is 1. The molecule has 0 aromatic heterocycles. The molecule has 0 bridgehead atoms. The molecule has 4 heteroatoms. The van der Waals surface area contributed by atoms with Crippen LogP contribution in [0.5, 0.6) is 5.75 Å². The lowest BCUT2D eigenvalue weighted by Crippen LogP contribution is -2.33. The van der Waals surface area contributed by atoms with E-state index in [4.69, 9.17) is 9.84 Å². The lowest BCUT2D eigenvalue weighted by molar-refractivity contribution is -0.132. The first-order chi connectivity index (χ1) is 8.45. The van der Waals surface area contributed by atoms with E-state index < -0.39 is 0 Å². The van der Waals surface area contributed by atoms with Gasteiger partial charge in [0.05, 0.1) is 6.61 Å². The van der Waals surface area contributed by atoms with Crippen LogP contribution in [0.3, 0.4) is 0 Å². The third-order valence-corrected chi connectivity index (χ3v) is 3.00. The van der Waals surface area contributed by atoms with E-state index in [1.165, 1.54) is 10.5 Å². The van der Waals surface area contributed by atoms with Crippen LogP contribution in [0, 0.1) is 20.8 Å². The van der Waals surface area contributed by atoms with E-state index in [-0.39, 0.29) is 19.1 Å². The van der Waals surface area contributed by atoms with E-state index in [0.717, 1.165) is 16.9 Å². The highest BCUT2D eigenvalue weighted by Gasteiger charge is 2.10. The summed E-state index contributed by atoms with van der Waals surface area (Å²) in [6, 6.07) is 4.00. The van der Waals surface area contributed by atoms with E-state index in [0.29, 0.717) is 6.54 Å². The third-order valence-electron chi connectivity index (χ3n) is 3.00. The minimum atomic E-state index is -0.137. The fourth-order valence-electron chi connectivity index (χ4n) is 1.61. The summed E-state index contributed by atoms with van der Waals surface area (Å²) in [4.78, 5) is 13.1. The second kappa shape index (κ2) is 6.40. The van der Waals surface area contributed by atoms with Crippen molar-refractivity contribution in [1.82, 2.24) is 4.90 Å². The molecule has 0 atom stereocenters. The van der Waals surface area contributed by atoms with Gasteiger partial charge in [0.15, 0.2) is 6.61 Å². The molecule has 1 aromatic rings. The van der Waals surface area contributed by atoms with Crippen molar-refractivity contribution in [3.63, 3.8) is 0 Å². The number of carbonyl (C=O) groups excluding carboxylic acids is 1. The molecular weight excluding hydrogens is 230 g/mol. The standard InChI is InChI=1S/C14H21NO3/c1-10-7-12(3)13(8-11(10)2)18-9-14(17)15(4)5-6-16/h7-8,16H,5-6,9H2,1-4H3. The summed E-state index contributed by atoms with van der Waals surface area (Å²) in [7, 11) is 1.65. The first-order valence-electron chi connectivity index (χ1n) is 6.01. The maximum Gasteiger partial charge on any atom is 0.260 e. The van der Waals surface area contributed by atoms with Crippen LogP contribution >= 0.6 is 0 Å². The van der Waals surface area contributed by atoms with Gasteiger partial charge in [-0.1, -0.05) is 6.07 Å². The molecule has 0 saturated carbocycles. The highest BCUT2D eigenvalue weighted by Crippen LogP contribution is 2.22. The highest BCUT2D eigenvalue weighted by atomic mass is 16.5. The van der Waals surface area contributed by atoms with Crippen molar-refractivity contribution in [2.45, 2.75) is 20.8 Å². The van der Waals surface area contributed by atoms with Crippen LogP contribution in [0.25, 0.3) is 0 Å². The summed E-state index contributed by atoms with van der Waals surface area (Å²) in [6.45, 7) is 6.32. The fourth-order valence-corrected chi connectivity index (χ4v) is 1.61. The second-order valence-electron chi connectivity index (χ2n) is 4.53. The molecule has 0 aliphatic heterocycles. The Bertz CT molecular complexity index is 429. The minimum Gasteiger partial charge on any atom is -0.483 e. The van der Waals surface area contributed by atoms with Gasteiger partial charge in [0, 0.05) is 13.6 Å². The summed E-state index contributed by atoms with van der Waals surface area (Å²) in [5.41, 5.74) is 3.38. The van der Waals surface area contributed by atoms with Crippen LogP contribution in [0.1, 0.15) is 16.7 Å². The van der Waals surface area contributed by atoms with E-state index in [9.17, 15) is 4.79 Å². The summed E-state index contributed by atoms with van der Waals surface area (Å²) < 4.78 is 5.53. The van der Waals surface area contributed by atoms with Crippen molar-refractivity contribution in [3.05, 3.63) is 28.8 Å². The number of rotatable bonds is 5. The topological polar surface area (TPSA) is 49.8 Å². The molecule has 0 fully saturated rings. The predicted octanol–water partition coefficient (Wildman–Crippen LogP) is 1.44. The largest absolute Gasteiger partial charge is 0.483 e. The summed E-state index contributed by atoms with van der Waals surface area (Å²) >= 11 is 0. The van der Waals surface area contributed by atoms with Crippen LogP contribution in [0.15, 0.2) is 12.1 Å².